The van der Waals surface area contributed by atoms with Crippen LogP contribution in [0.5, 0.6) is 0 Å². The van der Waals surface area contributed by atoms with Crippen molar-refractivity contribution >= 4 is 17.7 Å². The summed E-state index contributed by atoms with van der Waals surface area (Å²) in [5.41, 5.74) is 5.27. The van der Waals surface area contributed by atoms with Crippen molar-refractivity contribution in [1.82, 2.24) is 6.15 Å². The first-order chi connectivity index (χ1) is 3.68. The van der Waals surface area contributed by atoms with E-state index in [2.05, 4.69) is 12.6 Å². The Morgan fingerprint density at radius 1 is 1.78 bits per heavy atom. The maximum atomic E-state index is 10.2. The molecule has 0 saturated heterocycles. The summed E-state index contributed by atoms with van der Waals surface area (Å²) in [5, 5.41) is -0.327. The first kappa shape index (κ1) is 11.6. The molecule has 1 atom stereocenters. The predicted octanol–water partition coefficient (Wildman–Crippen LogP) is 0.564. The smallest absolute Gasteiger partial charge is 0.0414 e. The number of carbonyl (C=O) groups excluding carboxylic acids is 1. The lowest BCUT2D eigenvalue weighted by atomic mass is 10.2. The van der Waals surface area contributed by atoms with Crippen LogP contribution < -0.4 is 11.9 Å². The lowest BCUT2D eigenvalue weighted by molar-refractivity contribution is -0.112. The second-order valence-electron chi connectivity index (χ2n) is 1.71. The van der Waals surface area contributed by atoms with Crippen molar-refractivity contribution in [2.45, 2.75) is 25.8 Å². The highest BCUT2D eigenvalue weighted by Gasteiger charge is 1.97. The van der Waals surface area contributed by atoms with Crippen LogP contribution >= 0.6 is 0 Å². The molecule has 0 heterocycles. The number of hydrogen-bond acceptors (Lipinski definition) is 3. The average Bonchev–Trinajstić information content (AvgIpc) is 1.67. The predicted molar refractivity (Wildman–Crippen MR) is 41.2 cm³/mol. The monoisotopic (exact) mass is 150 g/mol. The van der Waals surface area contributed by atoms with E-state index in [9.17, 15) is 4.79 Å². The molecule has 0 aliphatic rings. The van der Waals surface area contributed by atoms with Gasteiger partial charge in [-0.2, -0.15) is 0 Å². The topological polar surface area (TPSA) is 79.6 Å². The van der Waals surface area contributed by atoms with Gasteiger partial charge in [0.05, 0.1) is 0 Å². The maximum absolute atomic E-state index is 10.2. The lowest BCUT2D eigenvalue weighted by Gasteiger charge is -2.11. The Labute approximate surface area is 61.0 Å². The Hall–Kier alpha value is -0.190. The van der Waals surface area contributed by atoms with Gasteiger partial charge in [-0.3, -0.25) is 0 Å². The van der Waals surface area contributed by atoms with E-state index in [-0.39, 0.29) is 11.3 Å². The Bertz CT molecular complexity index is 87.0. The molecule has 0 fully saturated rings. The molecule has 0 rings (SSSR count). The number of nitrogens with two attached hydrogens (primary N) is 1. The number of quaternary nitrogens is 1. The van der Waals surface area contributed by atoms with E-state index in [1.54, 1.807) is 0 Å². The van der Waals surface area contributed by atoms with E-state index in [1.165, 1.54) is 0 Å². The first-order valence-corrected chi connectivity index (χ1v) is 3.05. The van der Waals surface area contributed by atoms with Gasteiger partial charge in [0.25, 0.3) is 0 Å². The molecule has 0 aromatic rings. The second-order valence-corrected chi connectivity index (χ2v) is 2.12. The molecule has 0 aromatic heterocycles. The molecule has 3 nitrogen and oxygen atoms in total. The molecular formula is C5H14N2OS. The molecule has 4 heteroatoms. The summed E-state index contributed by atoms with van der Waals surface area (Å²) in [6, 6.07) is -0.407. The minimum Gasteiger partial charge on any atom is -0.740 e. The van der Waals surface area contributed by atoms with Crippen LogP contribution in [0.15, 0.2) is 0 Å². The molecule has 0 spiro atoms. The van der Waals surface area contributed by atoms with Gasteiger partial charge >= 0.3 is 0 Å². The zero-order valence-corrected chi connectivity index (χ0v) is 6.70. The molecule has 0 amide bonds. The first-order valence-electron chi connectivity index (χ1n) is 2.65. The Morgan fingerprint density at radius 2 is 2.22 bits per heavy atom. The summed E-state index contributed by atoms with van der Waals surface area (Å²) < 4.78 is 0. The summed E-state index contributed by atoms with van der Waals surface area (Å²) in [6.45, 7) is 1.97. The molecule has 0 aliphatic heterocycles. The van der Waals surface area contributed by atoms with Gasteiger partial charge in [0.15, 0.2) is 0 Å². The van der Waals surface area contributed by atoms with Crippen molar-refractivity contribution < 1.29 is 4.79 Å². The zero-order valence-electron chi connectivity index (χ0n) is 5.89. The molecule has 6 N–H and O–H groups in total. The van der Waals surface area contributed by atoms with Crippen LogP contribution in [-0.2, 0) is 17.4 Å². The molecular weight excluding hydrogens is 136 g/mol. The summed E-state index contributed by atoms with van der Waals surface area (Å²) >= 11 is 4.30. The minimum absolute atomic E-state index is 0. The molecule has 9 heavy (non-hydrogen) atoms. The molecule has 0 bridgehead atoms. The van der Waals surface area contributed by atoms with Crippen LogP contribution in [0.25, 0.3) is 0 Å². The summed E-state index contributed by atoms with van der Waals surface area (Å²) in [4.78, 5) is 10.2. The lowest BCUT2D eigenvalue weighted by Crippen LogP contribution is -2.28. The quantitative estimate of drug-likeness (QED) is 0.577. The van der Waals surface area contributed by atoms with Gasteiger partial charge in [-0.1, -0.05) is 13.3 Å². The van der Waals surface area contributed by atoms with Crippen LogP contribution in [0.1, 0.15) is 19.8 Å². The van der Waals surface area contributed by atoms with E-state index < -0.39 is 6.04 Å². The molecule has 0 radical (unpaired) electrons. The fourth-order valence-electron chi connectivity index (χ4n) is 0.429. The third-order valence-electron chi connectivity index (χ3n) is 0.902. The molecule has 1 unspecified atom stereocenters. The third kappa shape index (κ3) is 5.68. The number of rotatable bonds is 3. The van der Waals surface area contributed by atoms with Gasteiger partial charge in [0.1, 0.15) is 0 Å². The molecule has 0 saturated carbocycles. The van der Waals surface area contributed by atoms with E-state index >= 15 is 0 Å². The van der Waals surface area contributed by atoms with E-state index in [0.717, 1.165) is 6.42 Å². The maximum Gasteiger partial charge on any atom is 0.0414 e. The van der Waals surface area contributed by atoms with Gasteiger partial charge in [0.2, 0.25) is 0 Å². The number of carbonyl (C=O) groups is 1. The standard InChI is InChI=1S/C5H11NOS.H3N/c1-2-3-4(6)5(7)8;/h4H,2-3,6H2,1H3,(H,7,8);1H3. The highest BCUT2D eigenvalue weighted by molar-refractivity contribution is 7.77. The molecule has 0 aromatic carbocycles. The normalized spacial score (nSPS) is 11.8. The van der Waals surface area contributed by atoms with Gasteiger partial charge in [-0.25, -0.2) is 0 Å². The van der Waals surface area contributed by atoms with Crippen LogP contribution in [0, 0.1) is 0 Å². The molecule has 0 aliphatic carbocycles. The van der Waals surface area contributed by atoms with Crippen molar-refractivity contribution in [1.29, 1.82) is 0 Å². The minimum atomic E-state index is -0.407. The summed E-state index contributed by atoms with van der Waals surface area (Å²) in [7, 11) is 0. The fraction of sp³-hybridized carbons (Fsp3) is 0.800. The van der Waals surface area contributed by atoms with E-state index in [1.807, 2.05) is 6.92 Å². The fourth-order valence-corrected chi connectivity index (χ4v) is 0.547. The zero-order chi connectivity index (χ0) is 6.57. The van der Waals surface area contributed by atoms with Gasteiger partial charge in [-0.15, -0.1) is 0 Å². The van der Waals surface area contributed by atoms with Crippen LogP contribution in [0.3, 0.4) is 0 Å². The SMILES string of the molecule is CCCC(N)C(=O)[S-].[NH4+]. The highest BCUT2D eigenvalue weighted by atomic mass is 32.1. The van der Waals surface area contributed by atoms with E-state index in [4.69, 9.17) is 5.73 Å². The summed E-state index contributed by atoms with van der Waals surface area (Å²) in [6.07, 6.45) is 1.63. The third-order valence-corrected chi connectivity index (χ3v) is 1.21. The van der Waals surface area contributed by atoms with Crippen molar-refractivity contribution in [3.05, 3.63) is 0 Å². The Morgan fingerprint density at radius 3 is 2.33 bits per heavy atom. The van der Waals surface area contributed by atoms with Crippen molar-refractivity contribution in [2.24, 2.45) is 5.73 Å². The van der Waals surface area contributed by atoms with Crippen LogP contribution in [0.2, 0.25) is 0 Å². The van der Waals surface area contributed by atoms with Crippen LogP contribution in [0.4, 0.5) is 0 Å². The van der Waals surface area contributed by atoms with E-state index in [0.29, 0.717) is 6.42 Å². The molecule has 56 valence electrons. The second kappa shape index (κ2) is 5.94. The summed E-state index contributed by atoms with van der Waals surface area (Å²) in [5.74, 6) is 0. The largest absolute Gasteiger partial charge is 0.740 e. The van der Waals surface area contributed by atoms with Crippen molar-refractivity contribution in [2.75, 3.05) is 0 Å². The van der Waals surface area contributed by atoms with Crippen LogP contribution in [-0.4, -0.2) is 11.2 Å². The van der Waals surface area contributed by atoms with Crippen molar-refractivity contribution in [3.63, 3.8) is 0 Å². The Balaban J connectivity index is 0. The van der Waals surface area contributed by atoms with Gasteiger partial charge in [0, 0.05) is 11.2 Å². The Kier molecular flexibility index (Phi) is 7.65. The number of hydrogen-bond donors (Lipinski definition) is 2. The average molecular weight is 150 g/mol. The van der Waals surface area contributed by atoms with Gasteiger partial charge < -0.3 is 29.3 Å². The highest BCUT2D eigenvalue weighted by Crippen LogP contribution is 1.91. The van der Waals surface area contributed by atoms with Crippen molar-refractivity contribution in [3.8, 4) is 0 Å². The van der Waals surface area contributed by atoms with Gasteiger partial charge in [-0.05, 0) is 6.42 Å².